The maximum absolute atomic E-state index is 13.1. The Kier molecular flexibility index (Phi) is 5.13. The van der Waals surface area contributed by atoms with Crippen molar-refractivity contribution in [2.24, 2.45) is 11.8 Å². The zero-order valence-corrected chi connectivity index (χ0v) is 10.9. The molecule has 1 aromatic rings. The molecule has 1 unspecified atom stereocenters. The zero-order chi connectivity index (χ0) is 13.7. The van der Waals surface area contributed by atoms with Gasteiger partial charge in [-0.25, -0.2) is 9.18 Å². The lowest BCUT2D eigenvalue weighted by molar-refractivity contribution is 0.0691. The van der Waals surface area contributed by atoms with E-state index in [4.69, 9.17) is 9.84 Å². The number of halogens is 1. The van der Waals surface area contributed by atoms with Crippen LogP contribution in [0.2, 0.25) is 0 Å². The molecule has 0 aliphatic rings. The summed E-state index contributed by atoms with van der Waals surface area (Å²) in [5, 5.41) is 8.96. The molecule has 4 heteroatoms. The highest BCUT2D eigenvalue weighted by Crippen LogP contribution is 2.21. The third kappa shape index (κ3) is 4.35. The van der Waals surface area contributed by atoms with Crippen LogP contribution in [0.4, 0.5) is 4.39 Å². The van der Waals surface area contributed by atoms with Crippen molar-refractivity contribution in [2.45, 2.75) is 27.2 Å². The van der Waals surface area contributed by atoms with Gasteiger partial charge in [-0.3, -0.25) is 0 Å². The van der Waals surface area contributed by atoms with E-state index < -0.39 is 11.8 Å². The maximum Gasteiger partial charge on any atom is 0.339 e. The molecule has 0 spiro atoms. The summed E-state index contributed by atoms with van der Waals surface area (Å²) < 4.78 is 18.5. The van der Waals surface area contributed by atoms with E-state index in [2.05, 4.69) is 13.8 Å². The summed E-state index contributed by atoms with van der Waals surface area (Å²) in [6.07, 6.45) is 0.984. The van der Waals surface area contributed by atoms with Gasteiger partial charge in [0, 0.05) is 6.07 Å². The number of carboxylic acids is 1. The van der Waals surface area contributed by atoms with Crippen LogP contribution in [0.3, 0.4) is 0 Å². The van der Waals surface area contributed by atoms with Crippen LogP contribution in [-0.2, 0) is 0 Å². The molecular formula is C14H19FO3. The number of hydrogen-bond acceptors (Lipinski definition) is 2. The molecule has 0 amide bonds. The minimum Gasteiger partial charge on any atom is -0.492 e. The van der Waals surface area contributed by atoms with E-state index in [1.54, 1.807) is 0 Å². The molecule has 0 heterocycles. The molecule has 0 radical (unpaired) electrons. The Balaban J connectivity index is 2.71. The Bertz CT molecular complexity index is 416. The average Bonchev–Trinajstić information content (AvgIpc) is 2.25. The minimum atomic E-state index is -1.11. The molecule has 0 saturated carbocycles. The molecular weight excluding hydrogens is 235 g/mol. The average molecular weight is 254 g/mol. The van der Waals surface area contributed by atoms with Gasteiger partial charge in [-0.1, -0.05) is 20.8 Å². The number of carboxylic acid groups (broad SMARTS) is 1. The molecule has 0 fully saturated rings. The molecule has 0 aliphatic carbocycles. The van der Waals surface area contributed by atoms with Crippen LogP contribution >= 0.6 is 0 Å². The van der Waals surface area contributed by atoms with Gasteiger partial charge >= 0.3 is 5.97 Å². The van der Waals surface area contributed by atoms with Gasteiger partial charge in [-0.15, -0.1) is 0 Å². The lowest BCUT2D eigenvalue weighted by Gasteiger charge is -2.16. The molecule has 1 rings (SSSR count). The predicted molar refractivity (Wildman–Crippen MR) is 67.5 cm³/mol. The van der Waals surface area contributed by atoms with Crippen molar-refractivity contribution in [3.63, 3.8) is 0 Å². The van der Waals surface area contributed by atoms with Crippen molar-refractivity contribution in [3.8, 4) is 5.75 Å². The molecule has 0 saturated heterocycles. The summed E-state index contributed by atoms with van der Waals surface area (Å²) in [6.45, 7) is 6.64. The van der Waals surface area contributed by atoms with E-state index in [0.717, 1.165) is 18.6 Å². The van der Waals surface area contributed by atoms with Crippen molar-refractivity contribution in [1.29, 1.82) is 0 Å². The molecule has 3 nitrogen and oxygen atoms in total. The second kappa shape index (κ2) is 6.38. The summed E-state index contributed by atoms with van der Waals surface area (Å²) in [5.41, 5.74) is -0.00635. The van der Waals surface area contributed by atoms with Crippen molar-refractivity contribution < 1.29 is 19.0 Å². The summed E-state index contributed by atoms with van der Waals surface area (Å²) in [4.78, 5) is 11.0. The van der Waals surface area contributed by atoms with Crippen LogP contribution in [0.5, 0.6) is 5.75 Å². The van der Waals surface area contributed by atoms with Crippen molar-refractivity contribution in [2.75, 3.05) is 6.61 Å². The van der Waals surface area contributed by atoms with Crippen LogP contribution in [0.1, 0.15) is 37.6 Å². The van der Waals surface area contributed by atoms with E-state index >= 15 is 0 Å². The van der Waals surface area contributed by atoms with Crippen LogP contribution in [0, 0.1) is 17.7 Å². The second-order valence-corrected chi connectivity index (χ2v) is 4.99. The number of benzene rings is 1. The number of rotatable bonds is 6. The Hall–Kier alpha value is -1.58. The van der Waals surface area contributed by atoms with E-state index in [-0.39, 0.29) is 11.3 Å². The van der Waals surface area contributed by atoms with E-state index in [9.17, 15) is 9.18 Å². The normalized spacial score (nSPS) is 12.5. The Morgan fingerprint density at radius 2 is 2.06 bits per heavy atom. The smallest absolute Gasteiger partial charge is 0.339 e. The van der Waals surface area contributed by atoms with Crippen molar-refractivity contribution in [1.82, 2.24) is 0 Å². The number of aromatic carboxylic acids is 1. The Labute approximate surface area is 107 Å². The van der Waals surface area contributed by atoms with Gasteiger partial charge in [0.2, 0.25) is 0 Å². The highest BCUT2D eigenvalue weighted by Gasteiger charge is 2.14. The lowest BCUT2D eigenvalue weighted by Crippen LogP contribution is -2.13. The number of ether oxygens (including phenoxy) is 1. The van der Waals surface area contributed by atoms with E-state index in [0.29, 0.717) is 18.4 Å². The van der Waals surface area contributed by atoms with Gasteiger partial charge in [-0.05, 0) is 30.4 Å². The molecule has 0 aliphatic heterocycles. The third-order valence-corrected chi connectivity index (χ3v) is 2.57. The van der Waals surface area contributed by atoms with Crippen molar-refractivity contribution >= 4 is 5.97 Å². The monoisotopic (exact) mass is 254 g/mol. The van der Waals surface area contributed by atoms with Gasteiger partial charge in [-0.2, -0.15) is 0 Å². The molecule has 0 aromatic heterocycles. The highest BCUT2D eigenvalue weighted by atomic mass is 19.1. The van der Waals surface area contributed by atoms with Crippen LogP contribution in [0.15, 0.2) is 18.2 Å². The van der Waals surface area contributed by atoms with Gasteiger partial charge in [0.1, 0.15) is 17.1 Å². The van der Waals surface area contributed by atoms with E-state index in [1.807, 2.05) is 6.92 Å². The highest BCUT2D eigenvalue weighted by molar-refractivity contribution is 5.90. The molecule has 18 heavy (non-hydrogen) atoms. The molecule has 1 aromatic carbocycles. The lowest BCUT2D eigenvalue weighted by atomic mass is 10.00. The van der Waals surface area contributed by atoms with Crippen molar-refractivity contribution in [3.05, 3.63) is 29.6 Å². The SMILES string of the molecule is CC(C)CC(C)COc1cc(F)ccc1C(=O)O. The molecule has 1 N–H and O–H groups in total. The number of carbonyl (C=O) groups is 1. The zero-order valence-electron chi connectivity index (χ0n) is 10.9. The summed E-state index contributed by atoms with van der Waals surface area (Å²) in [5.74, 6) is -0.656. The first-order valence-corrected chi connectivity index (χ1v) is 6.05. The number of hydrogen-bond donors (Lipinski definition) is 1. The standard InChI is InChI=1S/C14H19FO3/c1-9(2)6-10(3)8-18-13-7-11(15)4-5-12(13)14(16)17/h4-5,7,9-10H,6,8H2,1-3H3,(H,16,17). The van der Waals surface area contributed by atoms with E-state index in [1.165, 1.54) is 6.07 Å². The fourth-order valence-corrected chi connectivity index (χ4v) is 1.90. The summed E-state index contributed by atoms with van der Waals surface area (Å²) >= 11 is 0. The van der Waals surface area contributed by atoms with Crippen LogP contribution in [0.25, 0.3) is 0 Å². The first kappa shape index (κ1) is 14.5. The molecule has 0 bridgehead atoms. The molecule has 1 atom stereocenters. The maximum atomic E-state index is 13.1. The Morgan fingerprint density at radius 1 is 1.39 bits per heavy atom. The first-order valence-electron chi connectivity index (χ1n) is 6.05. The first-order chi connectivity index (χ1) is 8.40. The van der Waals surface area contributed by atoms with Gasteiger partial charge in [0.05, 0.1) is 6.61 Å². The van der Waals surface area contributed by atoms with Gasteiger partial charge < -0.3 is 9.84 Å². The topological polar surface area (TPSA) is 46.5 Å². The Morgan fingerprint density at radius 3 is 2.61 bits per heavy atom. The van der Waals surface area contributed by atoms with Crippen LogP contribution in [-0.4, -0.2) is 17.7 Å². The largest absolute Gasteiger partial charge is 0.492 e. The van der Waals surface area contributed by atoms with Crippen LogP contribution < -0.4 is 4.74 Å². The second-order valence-electron chi connectivity index (χ2n) is 4.99. The third-order valence-electron chi connectivity index (χ3n) is 2.57. The molecule has 100 valence electrons. The summed E-state index contributed by atoms with van der Waals surface area (Å²) in [7, 11) is 0. The minimum absolute atomic E-state index is 0.00635. The summed E-state index contributed by atoms with van der Waals surface area (Å²) in [6, 6.07) is 3.46. The predicted octanol–water partition coefficient (Wildman–Crippen LogP) is 3.58. The van der Waals surface area contributed by atoms with Gasteiger partial charge in [0.15, 0.2) is 0 Å². The fourth-order valence-electron chi connectivity index (χ4n) is 1.90. The van der Waals surface area contributed by atoms with Gasteiger partial charge in [0.25, 0.3) is 0 Å². The fraction of sp³-hybridized carbons (Fsp3) is 0.500. The quantitative estimate of drug-likeness (QED) is 0.844.